The maximum absolute atomic E-state index is 14.1. The molecular formula is C18H24BrFN2O4. The average Bonchev–Trinajstić information content (AvgIpc) is 2.87. The maximum Gasteiger partial charge on any atom is 0.411 e. The molecule has 1 saturated heterocycles. The van der Waals surface area contributed by atoms with Crippen LogP contribution < -0.4 is 5.32 Å². The van der Waals surface area contributed by atoms with E-state index in [0.717, 1.165) is 0 Å². The molecule has 1 heterocycles. The highest BCUT2D eigenvalue weighted by molar-refractivity contribution is 9.10. The number of halogens is 2. The van der Waals surface area contributed by atoms with Crippen molar-refractivity contribution in [2.24, 2.45) is 0 Å². The first kappa shape index (κ1) is 20.6. The molecule has 26 heavy (non-hydrogen) atoms. The number of likely N-dealkylation sites (tertiary alicyclic amines) is 1. The lowest BCUT2D eigenvalue weighted by molar-refractivity contribution is -0.126. The van der Waals surface area contributed by atoms with Crippen molar-refractivity contribution in [2.45, 2.75) is 57.9 Å². The molecule has 1 fully saturated rings. The lowest BCUT2D eigenvalue weighted by Crippen LogP contribution is -2.48. The third-order valence-corrected chi connectivity index (χ3v) is 4.49. The summed E-state index contributed by atoms with van der Waals surface area (Å²) in [7, 11) is 0. The fourth-order valence-electron chi connectivity index (χ4n) is 2.82. The number of ether oxygens (including phenoxy) is 1. The van der Waals surface area contributed by atoms with Crippen LogP contribution in [0.5, 0.6) is 0 Å². The van der Waals surface area contributed by atoms with Gasteiger partial charge in [0.1, 0.15) is 17.5 Å². The summed E-state index contributed by atoms with van der Waals surface area (Å²) in [6.07, 6.45) is -1.35. The topological polar surface area (TPSA) is 78.9 Å². The predicted molar refractivity (Wildman–Crippen MR) is 98.0 cm³/mol. The van der Waals surface area contributed by atoms with Crippen molar-refractivity contribution in [3.8, 4) is 0 Å². The normalized spacial score (nSPS) is 21.4. The predicted octanol–water partition coefficient (Wildman–Crippen LogP) is 3.14. The molecular weight excluding hydrogens is 407 g/mol. The van der Waals surface area contributed by atoms with Crippen molar-refractivity contribution in [3.05, 3.63) is 34.1 Å². The number of hydrogen-bond donors (Lipinski definition) is 2. The van der Waals surface area contributed by atoms with Crippen molar-refractivity contribution < 1.29 is 23.8 Å². The van der Waals surface area contributed by atoms with Crippen molar-refractivity contribution in [1.82, 2.24) is 10.2 Å². The highest BCUT2D eigenvalue weighted by atomic mass is 79.9. The summed E-state index contributed by atoms with van der Waals surface area (Å²) in [5.41, 5.74) is -0.372. The van der Waals surface area contributed by atoms with Gasteiger partial charge >= 0.3 is 6.09 Å². The number of β-amino-alcohol motifs (C(OH)–C–C–N with tert-alkyl or cyclic N) is 1. The Morgan fingerprint density at radius 3 is 2.65 bits per heavy atom. The van der Waals surface area contributed by atoms with E-state index in [4.69, 9.17) is 4.74 Å². The Bertz CT molecular complexity index is 692. The van der Waals surface area contributed by atoms with Crippen LogP contribution >= 0.6 is 15.9 Å². The number of nitrogens with one attached hydrogen (secondary N) is 1. The van der Waals surface area contributed by atoms with Gasteiger partial charge in [-0.05, 0) is 39.8 Å². The fourth-order valence-corrected chi connectivity index (χ4v) is 3.16. The van der Waals surface area contributed by atoms with Gasteiger partial charge in [-0.2, -0.15) is 0 Å². The second kappa shape index (κ2) is 7.92. The lowest BCUT2D eigenvalue weighted by atomic mass is 10.1. The second-order valence-electron chi connectivity index (χ2n) is 7.43. The van der Waals surface area contributed by atoms with E-state index in [-0.39, 0.29) is 13.0 Å². The molecule has 1 aliphatic rings. The Balaban J connectivity index is 2.09. The van der Waals surface area contributed by atoms with Crippen molar-refractivity contribution in [2.75, 3.05) is 6.54 Å². The molecule has 0 bridgehead atoms. The van der Waals surface area contributed by atoms with Gasteiger partial charge in [0.15, 0.2) is 0 Å². The fraction of sp³-hybridized carbons (Fsp3) is 0.556. The zero-order chi connectivity index (χ0) is 19.6. The van der Waals surface area contributed by atoms with E-state index in [1.165, 1.54) is 11.0 Å². The van der Waals surface area contributed by atoms with Crippen LogP contribution in [0.15, 0.2) is 22.7 Å². The molecule has 1 aromatic carbocycles. The third-order valence-electron chi connectivity index (χ3n) is 4.00. The molecule has 6 nitrogen and oxygen atoms in total. The van der Waals surface area contributed by atoms with Gasteiger partial charge in [0, 0.05) is 16.5 Å². The Hall–Kier alpha value is -1.67. The Morgan fingerprint density at radius 2 is 2.08 bits per heavy atom. The Morgan fingerprint density at radius 1 is 1.42 bits per heavy atom. The van der Waals surface area contributed by atoms with E-state index >= 15 is 0 Å². The van der Waals surface area contributed by atoms with Crippen LogP contribution in [-0.2, 0) is 9.53 Å². The summed E-state index contributed by atoms with van der Waals surface area (Å²) in [5.74, 6) is -0.898. The zero-order valence-corrected chi connectivity index (χ0v) is 16.8. The molecule has 0 spiro atoms. The van der Waals surface area contributed by atoms with Crippen molar-refractivity contribution in [3.63, 3.8) is 0 Å². The van der Waals surface area contributed by atoms with Crippen molar-refractivity contribution in [1.29, 1.82) is 0 Å². The highest BCUT2D eigenvalue weighted by Gasteiger charge is 2.41. The van der Waals surface area contributed by atoms with Gasteiger partial charge in [-0.3, -0.25) is 9.69 Å². The van der Waals surface area contributed by atoms with Gasteiger partial charge in [-0.15, -0.1) is 0 Å². The minimum atomic E-state index is -0.860. The molecule has 2 amide bonds. The molecule has 1 aliphatic heterocycles. The van der Waals surface area contributed by atoms with E-state index in [0.29, 0.717) is 10.0 Å². The minimum Gasteiger partial charge on any atom is -0.444 e. The number of carbonyl (C=O) groups excluding carboxylic acids is 2. The highest BCUT2D eigenvalue weighted by Crippen LogP contribution is 2.24. The number of aliphatic hydroxyl groups is 1. The molecule has 8 heteroatoms. The smallest absolute Gasteiger partial charge is 0.411 e. The van der Waals surface area contributed by atoms with Crippen LogP contribution in [0.4, 0.5) is 9.18 Å². The minimum absolute atomic E-state index is 0.0219. The molecule has 1 aromatic rings. The summed E-state index contributed by atoms with van der Waals surface area (Å²) in [6, 6.07) is 3.15. The number of benzene rings is 1. The van der Waals surface area contributed by atoms with E-state index < -0.39 is 41.6 Å². The molecule has 0 aliphatic carbocycles. The van der Waals surface area contributed by atoms with Gasteiger partial charge in [-0.1, -0.05) is 22.0 Å². The number of nitrogens with zero attached hydrogens (tertiary/aromatic N) is 1. The number of amides is 2. The summed E-state index contributed by atoms with van der Waals surface area (Å²) in [5, 5.41) is 12.6. The van der Waals surface area contributed by atoms with Crippen LogP contribution in [0.25, 0.3) is 0 Å². The number of hydrogen-bond acceptors (Lipinski definition) is 4. The van der Waals surface area contributed by atoms with Gasteiger partial charge in [0.25, 0.3) is 0 Å². The molecule has 0 saturated carbocycles. The van der Waals surface area contributed by atoms with Gasteiger partial charge in [0.05, 0.1) is 18.7 Å². The van der Waals surface area contributed by atoms with Crippen LogP contribution in [0.2, 0.25) is 0 Å². The largest absolute Gasteiger partial charge is 0.444 e. The first-order valence-corrected chi connectivity index (χ1v) is 9.20. The monoisotopic (exact) mass is 430 g/mol. The zero-order valence-electron chi connectivity index (χ0n) is 15.3. The first-order valence-electron chi connectivity index (χ1n) is 8.41. The number of aliphatic hydroxyl groups excluding tert-OH is 1. The van der Waals surface area contributed by atoms with E-state index in [1.807, 2.05) is 0 Å². The quantitative estimate of drug-likeness (QED) is 0.771. The number of rotatable bonds is 3. The molecule has 2 unspecified atom stereocenters. The average molecular weight is 431 g/mol. The van der Waals surface area contributed by atoms with Crippen molar-refractivity contribution >= 4 is 27.9 Å². The van der Waals surface area contributed by atoms with Crippen LogP contribution in [0, 0.1) is 5.82 Å². The maximum atomic E-state index is 14.1. The molecule has 0 aromatic heterocycles. The third kappa shape index (κ3) is 5.17. The summed E-state index contributed by atoms with van der Waals surface area (Å²) >= 11 is 3.19. The first-order chi connectivity index (χ1) is 12.0. The Kier molecular flexibility index (Phi) is 6.29. The number of carbonyl (C=O) groups is 2. The molecule has 144 valence electrons. The lowest BCUT2D eigenvalue weighted by Gasteiger charge is -2.28. The molecule has 0 radical (unpaired) electrons. The summed E-state index contributed by atoms with van der Waals surface area (Å²) < 4.78 is 20.0. The van der Waals surface area contributed by atoms with Gasteiger partial charge < -0.3 is 15.2 Å². The van der Waals surface area contributed by atoms with Crippen LogP contribution in [0.1, 0.15) is 45.7 Å². The van der Waals surface area contributed by atoms with Crippen LogP contribution in [-0.4, -0.2) is 46.3 Å². The summed E-state index contributed by atoms with van der Waals surface area (Å²) in [6.45, 7) is 6.86. The molecule has 2 rings (SSSR count). The molecule has 3 atom stereocenters. The van der Waals surface area contributed by atoms with E-state index in [2.05, 4.69) is 21.2 Å². The second-order valence-corrected chi connectivity index (χ2v) is 8.35. The van der Waals surface area contributed by atoms with E-state index in [9.17, 15) is 19.1 Å². The molecule has 2 N–H and O–H groups in total. The Labute approximate surface area is 160 Å². The standard InChI is InChI=1S/C18H24BrFN2O4/c1-10(13-6-5-11(19)7-14(13)20)21-16(24)15-8-12(23)9-22(15)17(25)26-18(2,3)4/h5-7,10,12,15,23H,8-9H2,1-4H3,(H,21,24)/t10-,12?,15?/m0/s1. The SMILES string of the molecule is C[C@H](NC(=O)C1CC(O)CN1C(=O)OC(C)(C)C)c1ccc(Br)cc1F. The van der Waals surface area contributed by atoms with Gasteiger partial charge in [-0.25, -0.2) is 9.18 Å². The van der Waals surface area contributed by atoms with Crippen LogP contribution in [0.3, 0.4) is 0 Å². The summed E-state index contributed by atoms with van der Waals surface area (Å²) in [4.78, 5) is 26.2. The van der Waals surface area contributed by atoms with Gasteiger partial charge in [0.2, 0.25) is 5.91 Å². The van der Waals surface area contributed by atoms with E-state index in [1.54, 1.807) is 39.8 Å².